The SMILES string of the molecule is N[C@@H]1CCCCC12CCN(c1ncc(I)c3nccn13)CC2. The molecule has 0 unspecified atom stereocenters. The fraction of sp³-hybridized carbons (Fsp3) is 0.625. The quantitative estimate of drug-likeness (QED) is 0.734. The second kappa shape index (κ2) is 5.63. The van der Waals surface area contributed by atoms with Crippen LogP contribution in [0.25, 0.3) is 5.65 Å². The summed E-state index contributed by atoms with van der Waals surface area (Å²) >= 11 is 2.29. The molecule has 22 heavy (non-hydrogen) atoms. The number of hydrogen-bond donors (Lipinski definition) is 1. The van der Waals surface area contributed by atoms with E-state index in [0.717, 1.165) is 28.3 Å². The van der Waals surface area contributed by atoms with Crippen LogP contribution in [0.1, 0.15) is 38.5 Å². The Balaban J connectivity index is 1.58. The maximum atomic E-state index is 6.47. The molecule has 0 aromatic carbocycles. The van der Waals surface area contributed by atoms with Gasteiger partial charge in [0.15, 0.2) is 5.65 Å². The van der Waals surface area contributed by atoms with Crippen molar-refractivity contribution in [3.05, 3.63) is 22.2 Å². The third kappa shape index (κ3) is 2.31. The molecule has 1 aliphatic heterocycles. The molecule has 1 atom stereocenters. The first-order valence-electron chi connectivity index (χ1n) is 8.18. The lowest BCUT2D eigenvalue weighted by atomic mass is 9.65. The van der Waals surface area contributed by atoms with E-state index < -0.39 is 0 Å². The molecule has 1 aliphatic carbocycles. The van der Waals surface area contributed by atoms with Crippen LogP contribution in [0, 0.1) is 8.99 Å². The summed E-state index contributed by atoms with van der Waals surface area (Å²) in [7, 11) is 0. The lowest BCUT2D eigenvalue weighted by Crippen LogP contribution is -2.51. The zero-order valence-corrected chi connectivity index (χ0v) is 14.9. The van der Waals surface area contributed by atoms with Gasteiger partial charge in [0.25, 0.3) is 0 Å². The molecule has 4 rings (SSSR count). The Bertz CT molecular complexity index is 674. The van der Waals surface area contributed by atoms with E-state index in [1.807, 2.05) is 18.6 Å². The highest BCUT2D eigenvalue weighted by atomic mass is 127. The lowest BCUT2D eigenvalue weighted by Gasteiger charge is -2.48. The summed E-state index contributed by atoms with van der Waals surface area (Å²) in [6.07, 6.45) is 13.3. The number of piperidine rings is 1. The fourth-order valence-electron chi connectivity index (χ4n) is 4.22. The van der Waals surface area contributed by atoms with Crippen molar-refractivity contribution in [2.24, 2.45) is 11.1 Å². The van der Waals surface area contributed by atoms with Gasteiger partial charge < -0.3 is 10.6 Å². The highest BCUT2D eigenvalue weighted by molar-refractivity contribution is 14.1. The van der Waals surface area contributed by atoms with Crippen LogP contribution in [0.4, 0.5) is 5.95 Å². The van der Waals surface area contributed by atoms with Gasteiger partial charge in [-0.25, -0.2) is 9.97 Å². The molecule has 2 aromatic heterocycles. The van der Waals surface area contributed by atoms with Crippen molar-refractivity contribution < 1.29 is 0 Å². The van der Waals surface area contributed by atoms with Crippen LogP contribution in [0.5, 0.6) is 0 Å². The van der Waals surface area contributed by atoms with Gasteiger partial charge in [0.05, 0.1) is 3.57 Å². The summed E-state index contributed by atoms with van der Waals surface area (Å²) in [6, 6.07) is 0.390. The molecule has 2 fully saturated rings. The molecule has 0 amide bonds. The third-order valence-electron chi connectivity index (χ3n) is 5.63. The Morgan fingerprint density at radius 2 is 2.00 bits per heavy atom. The number of imidazole rings is 1. The summed E-state index contributed by atoms with van der Waals surface area (Å²) in [6.45, 7) is 2.10. The van der Waals surface area contributed by atoms with Crippen molar-refractivity contribution in [3.8, 4) is 0 Å². The van der Waals surface area contributed by atoms with E-state index in [-0.39, 0.29) is 0 Å². The predicted octanol–water partition coefficient (Wildman–Crippen LogP) is 2.82. The van der Waals surface area contributed by atoms with E-state index in [1.54, 1.807) is 0 Å². The summed E-state index contributed by atoms with van der Waals surface area (Å²) in [5.74, 6) is 1.02. The van der Waals surface area contributed by atoms with Crippen LogP contribution in [0.15, 0.2) is 18.6 Å². The van der Waals surface area contributed by atoms with Gasteiger partial charge in [-0.3, -0.25) is 4.40 Å². The molecular formula is C16H22IN5. The van der Waals surface area contributed by atoms with Crippen LogP contribution in [0.3, 0.4) is 0 Å². The first-order valence-corrected chi connectivity index (χ1v) is 9.26. The minimum Gasteiger partial charge on any atom is -0.342 e. The molecule has 1 spiro atoms. The molecule has 2 aliphatic rings. The number of rotatable bonds is 1. The summed E-state index contributed by atoms with van der Waals surface area (Å²) in [5.41, 5.74) is 7.85. The molecule has 2 N–H and O–H groups in total. The van der Waals surface area contributed by atoms with Gasteiger partial charge >= 0.3 is 0 Å². The van der Waals surface area contributed by atoms with E-state index in [0.29, 0.717) is 11.5 Å². The molecule has 1 saturated carbocycles. The van der Waals surface area contributed by atoms with Gasteiger partial charge in [-0.15, -0.1) is 0 Å². The van der Waals surface area contributed by atoms with Crippen LogP contribution < -0.4 is 10.6 Å². The van der Waals surface area contributed by atoms with Gasteiger partial charge in [-0.2, -0.15) is 0 Å². The van der Waals surface area contributed by atoms with Crippen molar-refractivity contribution in [2.45, 2.75) is 44.6 Å². The highest BCUT2D eigenvalue weighted by Crippen LogP contribution is 2.44. The molecule has 6 heteroatoms. The van der Waals surface area contributed by atoms with E-state index in [2.05, 4.69) is 41.9 Å². The van der Waals surface area contributed by atoms with Crippen LogP contribution in [0.2, 0.25) is 0 Å². The van der Waals surface area contributed by atoms with Crippen molar-refractivity contribution in [1.29, 1.82) is 0 Å². The van der Waals surface area contributed by atoms with Gasteiger partial charge in [0.2, 0.25) is 5.95 Å². The predicted molar refractivity (Wildman–Crippen MR) is 96.0 cm³/mol. The summed E-state index contributed by atoms with van der Waals surface area (Å²) < 4.78 is 3.20. The third-order valence-corrected chi connectivity index (χ3v) is 6.39. The lowest BCUT2D eigenvalue weighted by molar-refractivity contribution is 0.113. The number of anilines is 1. The normalized spacial score (nSPS) is 25.0. The van der Waals surface area contributed by atoms with Crippen molar-refractivity contribution in [2.75, 3.05) is 18.0 Å². The maximum Gasteiger partial charge on any atom is 0.211 e. The number of fused-ring (bicyclic) bond motifs is 1. The average molecular weight is 411 g/mol. The zero-order valence-electron chi connectivity index (χ0n) is 12.7. The number of nitrogens with two attached hydrogens (primary N) is 1. The van der Waals surface area contributed by atoms with Crippen molar-refractivity contribution in [3.63, 3.8) is 0 Å². The number of nitrogens with zero attached hydrogens (tertiary/aromatic N) is 4. The van der Waals surface area contributed by atoms with E-state index in [1.165, 1.54) is 38.5 Å². The maximum absolute atomic E-state index is 6.47. The Kier molecular flexibility index (Phi) is 3.76. The number of aromatic nitrogens is 3. The second-order valence-corrected chi connectivity index (χ2v) is 7.89. The van der Waals surface area contributed by atoms with E-state index in [9.17, 15) is 0 Å². The average Bonchev–Trinajstić information content (AvgIpc) is 3.03. The number of hydrogen-bond acceptors (Lipinski definition) is 4. The summed E-state index contributed by atoms with van der Waals surface area (Å²) in [5, 5.41) is 0. The first kappa shape index (κ1) is 14.7. The topological polar surface area (TPSA) is 59.5 Å². The summed E-state index contributed by atoms with van der Waals surface area (Å²) in [4.78, 5) is 11.5. The van der Waals surface area contributed by atoms with Crippen LogP contribution >= 0.6 is 22.6 Å². The van der Waals surface area contributed by atoms with Gasteiger partial charge in [-0.1, -0.05) is 12.8 Å². The standard InChI is InChI=1S/C16H22IN5/c17-12-11-20-15(22-10-7-19-14(12)22)21-8-5-16(6-9-21)4-2-1-3-13(16)18/h7,10-11,13H,1-6,8-9,18H2/t13-/m1/s1. The Morgan fingerprint density at radius 1 is 1.18 bits per heavy atom. The Labute approximate surface area is 144 Å². The second-order valence-electron chi connectivity index (χ2n) is 6.73. The number of halogens is 1. The largest absolute Gasteiger partial charge is 0.342 e. The molecule has 0 bridgehead atoms. The Hall–Kier alpha value is -0.890. The minimum absolute atomic E-state index is 0.381. The molecule has 5 nitrogen and oxygen atoms in total. The van der Waals surface area contributed by atoms with Gasteiger partial charge in [0, 0.05) is 37.7 Å². The molecule has 2 aromatic rings. The van der Waals surface area contributed by atoms with Crippen LogP contribution in [-0.2, 0) is 0 Å². The molecule has 118 valence electrons. The first-order chi connectivity index (χ1) is 10.7. The molecular weight excluding hydrogens is 389 g/mol. The minimum atomic E-state index is 0.381. The van der Waals surface area contributed by atoms with Crippen molar-refractivity contribution >= 4 is 34.2 Å². The fourth-order valence-corrected chi connectivity index (χ4v) is 4.75. The van der Waals surface area contributed by atoms with Gasteiger partial charge in [0.1, 0.15) is 0 Å². The zero-order chi connectivity index (χ0) is 15.2. The Morgan fingerprint density at radius 3 is 2.77 bits per heavy atom. The molecule has 1 saturated heterocycles. The van der Waals surface area contributed by atoms with Crippen molar-refractivity contribution in [1.82, 2.24) is 14.4 Å². The van der Waals surface area contributed by atoms with E-state index >= 15 is 0 Å². The molecule has 3 heterocycles. The monoisotopic (exact) mass is 411 g/mol. The van der Waals surface area contributed by atoms with E-state index in [4.69, 9.17) is 5.73 Å². The smallest absolute Gasteiger partial charge is 0.211 e. The molecule has 0 radical (unpaired) electrons. The van der Waals surface area contributed by atoms with Crippen LogP contribution in [-0.4, -0.2) is 33.5 Å². The van der Waals surface area contributed by atoms with Gasteiger partial charge in [-0.05, 0) is 53.7 Å². The highest BCUT2D eigenvalue weighted by Gasteiger charge is 2.41.